The van der Waals surface area contributed by atoms with Crippen LogP contribution in [-0.4, -0.2) is 23.2 Å². The number of nitriles is 1. The highest BCUT2D eigenvalue weighted by Crippen LogP contribution is 2.19. The second-order valence-electron chi connectivity index (χ2n) is 4.43. The van der Waals surface area contributed by atoms with Crippen LogP contribution in [-0.2, 0) is 6.42 Å². The van der Waals surface area contributed by atoms with Crippen LogP contribution in [0.5, 0.6) is 0 Å². The van der Waals surface area contributed by atoms with Crippen LogP contribution in [0.3, 0.4) is 0 Å². The number of aromatic nitrogens is 2. The zero-order valence-electron chi connectivity index (χ0n) is 9.86. The zero-order chi connectivity index (χ0) is 11.9. The molecule has 1 aromatic heterocycles. The average Bonchev–Trinajstić information content (AvgIpc) is 2.76. The number of hydrogen-bond acceptors (Lipinski definition) is 5. The van der Waals surface area contributed by atoms with Crippen molar-refractivity contribution in [3.8, 4) is 6.07 Å². The lowest BCUT2D eigenvalue weighted by Gasteiger charge is -2.14. The van der Waals surface area contributed by atoms with E-state index in [0.717, 1.165) is 32.4 Å². The van der Waals surface area contributed by atoms with Crippen molar-refractivity contribution >= 4 is 0 Å². The van der Waals surface area contributed by atoms with Crippen molar-refractivity contribution < 1.29 is 4.52 Å². The van der Waals surface area contributed by atoms with E-state index in [1.54, 1.807) is 0 Å². The molecule has 1 aromatic rings. The highest BCUT2D eigenvalue weighted by atomic mass is 16.5. The van der Waals surface area contributed by atoms with Crippen LogP contribution in [0.2, 0.25) is 0 Å². The molecule has 16 heavy (non-hydrogen) atoms. The van der Waals surface area contributed by atoms with Crippen molar-refractivity contribution in [3.63, 3.8) is 0 Å². The Hall–Kier alpha value is -1.41. The van der Waals surface area contributed by atoms with Gasteiger partial charge < -0.3 is 9.84 Å². The molecule has 0 aromatic carbocycles. The first-order valence-electron chi connectivity index (χ1n) is 5.51. The smallest absolute Gasteiger partial charge is 0.227 e. The monoisotopic (exact) mass is 222 g/mol. The standard InChI is InChI=1S/C11H18N4O/c1-11(2,8-12)5-3-6-13-7-4-10-14-9-15-16-10/h9,13H,3-7H2,1-2H3. The summed E-state index contributed by atoms with van der Waals surface area (Å²) >= 11 is 0. The Morgan fingerprint density at radius 3 is 2.94 bits per heavy atom. The molecule has 5 heteroatoms. The normalized spacial score (nSPS) is 11.3. The Balaban J connectivity index is 1.99. The lowest BCUT2D eigenvalue weighted by Crippen LogP contribution is -2.20. The van der Waals surface area contributed by atoms with Crippen LogP contribution in [0.25, 0.3) is 0 Å². The van der Waals surface area contributed by atoms with Gasteiger partial charge in [0, 0.05) is 13.0 Å². The minimum Gasteiger partial charge on any atom is -0.340 e. The SMILES string of the molecule is CC(C)(C#N)CCCNCCc1ncno1. The summed E-state index contributed by atoms with van der Waals surface area (Å²) in [6.45, 7) is 5.67. The van der Waals surface area contributed by atoms with Crippen molar-refractivity contribution in [2.75, 3.05) is 13.1 Å². The minimum atomic E-state index is -0.214. The molecule has 0 saturated carbocycles. The fraction of sp³-hybridized carbons (Fsp3) is 0.727. The van der Waals surface area contributed by atoms with E-state index >= 15 is 0 Å². The molecule has 5 nitrogen and oxygen atoms in total. The van der Waals surface area contributed by atoms with Crippen LogP contribution < -0.4 is 5.32 Å². The second-order valence-corrected chi connectivity index (χ2v) is 4.43. The molecule has 0 spiro atoms. The molecule has 0 amide bonds. The van der Waals surface area contributed by atoms with E-state index in [9.17, 15) is 0 Å². The van der Waals surface area contributed by atoms with Gasteiger partial charge in [-0.3, -0.25) is 0 Å². The van der Waals surface area contributed by atoms with E-state index in [-0.39, 0.29) is 5.41 Å². The third-order valence-corrected chi connectivity index (χ3v) is 2.38. The summed E-state index contributed by atoms with van der Waals surface area (Å²) in [6.07, 6.45) is 4.08. The van der Waals surface area contributed by atoms with Gasteiger partial charge >= 0.3 is 0 Å². The van der Waals surface area contributed by atoms with Crippen molar-refractivity contribution in [1.82, 2.24) is 15.5 Å². The van der Waals surface area contributed by atoms with Crippen LogP contribution in [0.4, 0.5) is 0 Å². The summed E-state index contributed by atoms with van der Waals surface area (Å²) in [6, 6.07) is 2.29. The van der Waals surface area contributed by atoms with Gasteiger partial charge in [0.1, 0.15) is 0 Å². The summed E-state index contributed by atoms with van der Waals surface area (Å²) < 4.78 is 4.87. The lowest BCUT2D eigenvalue weighted by molar-refractivity contribution is 0.373. The van der Waals surface area contributed by atoms with Gasteiger partial charge in [-0.1, -0.05) is 5.16 Å². The topological polar surface area (TPSA) is 74.7 Å². The van der Waals surface area contributed by atoms with E-state index in [1.807, 2.05) is 13.8 Å². The third kappa shape index (κ3) is 4.89. The highest BCUT2D eigenvalue weighted by Gasteiger charge is 2.15. The molecule has 0 aliphatic rings. The Morgan fingerprint density at radius 1 is 1.50 bits per heavy atom. The second kappa shape index (κ2) is 6.23. The predicted molar refractivity (Wildman–Crippen MR) is 59.5 cm³/mol. The maximum Gasteiger partial charge on any atom is 0.227 e. The van der Waals surface area contributed by atoms with Crippen LogP contribution in [0, 0.1) is 16.7 Å². The molecule has 1 rings (SSSR count). The van der Waals surface area contributed by atoms with Crippen molar-refractivity contribution in [1.29, 1.82) is 5.26 Å². The molecular formula is C11H18N4O. The summed E-state index contributed by atoms with van der Waals surface area (Å²) in [5.74, 6) is 0.657. The molecular weight excluding hydrogens is 204 g/mol. The first-order valence-corrected chi connectivity index (χ1v) is 5.51. The Bertz CT molecular complexity index is 326. The van der Waals surface area contributed by atoms with Crippen molar-refractivity contribution in [2.24, 2.45) is 5.41 Å². The first-order chi connectivity index (χ1) is 7.64. The maximum absolute atomic E-state index is 8.82. The molecule has 1 N–H and O–H groups in total. The number of nitrogens with one attached hydrogen (secondary N) is 1. The lowest BCUT2D eigenvalue weighted by atomic mass is 9.90. The molecule has 0 radical (unpaired) electrons. The number of rotatable bonds is 7. The number of nitrogens with zero attached hydrogens (tertiary/aromatic N) is 3. The Labute approximate surface area is 95.8 Å². The fourth-order valence-electron chi connectivity index (χ4n) is 1.34. The molecule has 1 heterocycles. The summed E-state index contributed by atoms with van der Waals surface area (Å²) in [4.78, 5) is 3.93. The maximum atomic E-state index is 8.82. The summed E-state index contributed by atoms with van der Waals surface area (Å²) in [5, 5.41) is 15.6. The predicted octanol–water partition coefficient (Wildman–Crippen LogP) is 1.53. The Morgan fingerprint density at radius 2 is 2.31 bits per heavy atom. The van der Waals surface area contributed by atoms with Gasteiger partial charge in [-0.25, -0.2) is 0 Å². The van der Waals surface area contributed by atoms with Crippen LogP contribution >= 0.6 is 0 Å². The molecule has 0 aliphatic heterocycles. The van der Waals surface area contributed by atoms with Gasteiger partial charge in [-0.15, -0.1) is 0 Å². The van der Waals surface area contributed by atoms with Gasteiger partial charge in [-0.2, -0.15) is 10.2 Å². The van der Waals surface area contributed by atoms with E-state index in [0.29, 0.717) is 5.89 Å². The van der Waals surface area contributed by atoms with Gasteiger partial charge in [0.25, 0.3) is 0 Å². The Kier molecular flexibility index (Phi) is 4.93. The van der Waals surface area contributed by atoms with Gasteiger partial charge in [-0.05, 0) is 33.2 Å². The highest BCUT2D eigenvalue weighted by molar-refractivity contribution is 4.91. The zero-order valence-corrected chi connectivity index (χ0v) is 9.86. The third-order valence-electron chi connectivity index (χ3n) is 2.38. The van der Waals surface area contributed by atoms with Gasteiger partial charge in [0.05, 0.1) is 11.5 Å². The molecule has 0 unspecified atom stereocenters. The quantitative estimate of drug-likeness (QED) is 0.708. The van der Waals surface area contributed by atoms with E-state index < -0.39 is 0 Å². The molecule has 0 saturated heterocycles. The van der Waals surface area contributed by atoms with Crippen molar-refractivity contribution in [2.45, 2.75) is 33.1 Å². The van der Waals surface area contributed by atoms with E-state index in [2.05, 4.69) is 21.5 Å². The molecule has 0 aliphatic carbocycles. The van der Waals surface area contributed by atoms with Crippen LogP contribution in [0.1, 0.15) is 32.6 Å². The average molecular weight is 222 g/mol. The van der Waals surface area contributed by atoms with Gasteiger partial charge in [0.2, 0.25) is 5.89 Å². The molecule has 88 valence electrons. The summed E-state index contributed by atoms with van der Waals surface area (Å²) in [7, 11) is 0. The van der Waals surface area contributed by atoms with Gasteiger partial charge in [0.15, 0.2) is 6.33 Å². The minimum absolute atomic E-state index is 0.214. The van der Waals surface area contributed by atoms with Crippen LogP contribution in [0.15, 0.2) is 10.9 Å². The van der Waals surface area contributed by atoms with E-state index in [1.165, 1.54) is 6.33 Å². The fourth-order valence-corrected chi connectivity index (χ4v) is 1.34. The van der Waals surface area contributed by atoms with Crippen molar-refractivity contribution in [3.05, 3.63) is 12.2 Å². The largest absolute Gasteiger partial charge is 0.340 e. The molecule has 0 atom stereocenters. The van der Waals surface area contributed by atoms with E-state index in [4.69, 9.17) is 9.78 Å². The molecule has 0 fully saturated rings. The number of hydrogen-bond donors (Lipinski definition) is 1. The molecule has 0 bridgehead atoms. The summed E-state index contributed by atoms with van der Waals surface area (Å²) in [5.41, 5.74) is -0.214. The first kappa shape index (κ1) is 12.7.